The molecule has 154 valence electrons. The minimum Gasteiger partial charge on any atom is -0.493 e. The lowest BCUT2D eigenvalue weighted by molar-refractivity contribution is -0.274. The average Bonchev–Trinajstić information content (AvgIpc) is 2.94. The first kappa shape index (κ1) is 19.8. The highest BCUT2D eigenvalue weighted by atomic mass is 35.5. The lowest BCUT2D eigenvalue weighted by Crippen LogP contribution is -2.23. The van der Waals surface area contributed by atoms with Gasteiger partial charge in [0.15, 0.2) is 0 Å². The molecule has 0 fully saturated rings. The van der Waals surface area contributed by atoms with Gasteiger partial charge in [-0.15, -0.1) is 13.2 Å². The first-order valence-corrected chi connectivity index (χ1v) is 9.00. The molecule has 4 aromatic rings. The van der Waals surface area contributed by atoms with Gasteiger partial charge in [-0.05, 0) is 42.0 Å². The predicted octanol–water partition coefficient (Wildman–Crippen LogP) is 4.49. The van der Waals surface area contributed by atoms with Crippen molar-refractivity contribution < 1.29 is 23.0 Å². The van der Waals surface area contributed by atoms with E-state index < -0.39 is 17.8 Å². The van der Waals surface area contributed by atoms with E-state index in [-0.39, 0.29) is 23.3 Å². The number of aromatic nitrogens is 3. The summed E-state index contributed by atoms with van der Waals surface area (Å²) in [6.45, 7) is 0.109. The van der Waals surface area contributed by atoms with E-state index >= 15 is 0 Å². The topological polar surface area (TPSA) is 69.3 Å². The Labute approximate surface area is 172 Å². The normalized spacial score (nSPS) is 11.7. The van der Waals surface area contributed by atoms with E-state index in [0.29, 0.717) is 5.52 Å². The number of rotatable bonds is 4. The van der Waals surface area contributed by atoms with Crippen LogP contribution in [0.1, 0.15) is 5.56 Å². The molecule has 2 aromatic heterocycles. The van der Waals surface area contributed by atoms with Crippen LogP contribution in [-0.4, -0.2) is 25.6 Å². The number of aromatic hydroxyl groups is 1. The SMILES string of the molecule is O=c1n(Cc2cc(Cl)nc3ccccc23)cc(O)n1-c1ccc(OC(F)(F)F)cc1. The second-order valence-electron chi connectivity index (χ2n) is 6.40. The van der Waals surface area contributed by atoms with Crippen molar-refractivity contribution in [2.45, 2.75) is 12.9 Å². The highest BCUT2D eigenvalue weighted by Gasteiger charge is 2.31. The van der Waals surface area contributed by atoms with Crippen molar-refractivity contribution in [3.63, 3.8) is 0 Å². The third-order valence-corrected chi connectivity index (χ3v) is 4.57. The molecular weight excluding hydrogens is 423 g/mol. The molecule has 0 aliphatic heterocycles. The molecule has 0 atom stereocenters. The molecule has 1 N–H and O–H groups in total. The largest absolute Gasteiger partial charge is 0.573 e. The summed E-state index contributed by atoms with van der Waals surface area (Å²) in [7, 11) is 0. The fourth-order valence-electron chi connectivity index (χ4n) is 3.16. The number of para-hydroxylation sites is 1. The van der Waals surface area contributed by atoms with E-state index in [9.17, 15) is 23.1 Å². The molecule has 0 spiro atoms. The summed E-state index contributed by atoms with van der Waals surface area (Å²) >= 11 is 6.08. The van der Waals surface area contributed by atoms with Crippen molar-refractivity contribution in [2.75, 3.05) is 0 Å². The first-order valence-electron chi connectivity index (χ1n) is 8.63. The standard InChI is InChI=1S/C20H13ClF3N3O3/c21-17-9-12(15-3-1-2-4-16(15)25-17)10-26-11-18(28)27(19(26)29)13-5-7-14(8-6-13)30-20(22,23)24/h1-9,11,28H,10H2. The van der Waals surface area contributed by atoms with Crippen LogP contribution in [-0.2, 0) is 6.54 Å². The summed E-state index contributed by atoms with van der Waals surface area (Å²) in [4.78, 5) is 17.1. The second kappa shape index (κ2) is 7.42. The summed E-state index contributed by atoms with van der Waals surface area (Å²) in [5.74, 6) is -0.801. The quantitative estimate of drug-likeness (QED) is 0.479. The van der Waals surface area contributed by atoms with Gasteiger partial charge in [0, 0.05) is 5.39 Å². The third kappa shape index (κ3) is 3.97. The van der Waals surface area contributed by atoms with Crippen molar-refractivity contribution in [1.82, 2.24) is 14.1 Å². The number of alkyl halides is 3. The zero-order valence-corrected chi connectivity index (χ0v) is 15.9. The average molecular weight is 436 g/mol. The summed E-state index contributed by atoms with van der Waals surface area (Å²) < 4.78 is 43.0. The third-order valence-electron chi connectivity index (χ3n) is 4.38. The van der Waals surface area contributed by atoms with Crippen molar-refractivity contribution in [1.29, 1.82) is 0 Å². The van der Waals surface area contributed by atoms with E-state index in [4.69, 9.17) is 11.6 Å². The lowest BCUT2D eigenvalue weighted by Gasteiger charge is -2.09. The van der Waals surface area contributed by atoms with Gasteiger partial charge in [0.2, 0.25) is 5.88 Å². The molecule has 0 amide bonds. The van der Waals surface area contributed by atoms with Crippen LogP contribution in [0.4, 0.5) is 13.2 Å². The number of hydrogen-bond donors (Lipinski definition) is 1. The number of hydrogen-bond acceptors (Lipinski definition) is 4. The molecule has 0 saturated heterocycles. The second-order valence-corrected chi connectivity index (χ2v) is 6.78. The minimum atomic E-state index is -4.82. The van der Waals surface area contributed by atoms with E-state index in [0.717, 1.165) is 27.6 Å². The van der Waals surface area contributed by atoms with Gasteiger partial charge in [-0.1, -0.05) is 29.8 Å². The Morgan fingerprint density at radius 2 is 1.80 bits per heavy atom. The zero-order valence-electron chi connectivity index (χ0n) is 15.1. The Morgan fingerprint density at radius 1 is 1.10 bits per heavy atom. The maximum atomic E-state index is 12.8. The van der Waals surface area contributed by atoms with Crippen molar-refractivity contribution in [3.8, 4) is 17.3 Å². The van der Waals surface area contributed by atoms with E-state index in [2.05, 4.69) is 9.72 Å². The molecule has 0 unspecified atom stereocenters. The maximum Gasteiger partial charge on any atom is 0.573 e. The zero-order chi connectivity index (χ0) is 21.5. The van der Waals surface area contributed by atoms with Crippen molar-refractivity contribution >= 4 is 22.5 Å². The molecule has 0 aliphatic carbocycles. The predicted molar refractivity (Wildman–Crippen MR) is 104 cm³/mol. The van der Waals surface area contributed by atoms with Crippen LogP contribution in [0, 0.1) is 0 Å². The van der Waals surface area contributed by atoms with Gasteiger partial charge < -0.3 is 9.84 Å². The molecule has 0 bridgehead atoms. The Bertz CT molecular complexity index is 1280. The molecule has 6 nitrogen and oxygen atoms in total. The van der Waals surface area contributed by atoms with Gasteiger partial charge in [-0.2, -0.15) is 0 Å². The van der Waals surface area contributed by atoms with Gasteiger partial charge in [-0.3, -0.25) is 4.57 Å². The van der Waals surface area contributed by atoms with Crippen LogP contribution in [0.25, 0.3) is 16.6 Å². The lowest BCUT2D eigenvalue weighted by atomic mass is 10.1. The molecule has 0 saturated carbocycles. The highest BCUT2D eigenvalue weighted by molar-refractivity contribution is 6.29. The monoisotopic (exact) mass is 435 g/mol. The number of imidazole rings is 1. The van der Waals surface area contributed by atoms with Gasteiger partial charge >= 0.3 is 12.1 Å². The molecule has 10 heteroatoms. The highest BCUT2D eigenvalue weighted by Crippen LogP contribution is 2.25. The first-order chi connectivity index (χ1) is 14.2. The Hall–Kier alpha value is -3.46. The number of halogens is 4. The molecule has 0 aliphatic rings. The Kier molecular flexibility index (Phi) is 4.90. The molecule has 0 radical (unpaired) electrons. The summed E-state index contributed by atoms with van der Waals surface area (Å²) in [5, 5.41) is 11.3. The van der Waals surface area contributed by atoms with E-state index in [1.54, 1.807) is 12.1 Å². The number of fused-ring (bicyclic) bond motifs is 1. The number of ether oxygens (including phenoxy) is 1. The Morgan fingerprint density at radius 3 is 2.50 bits per heavy atom. The van der Waals surface area contributed by atoms with Crippen LogP contribution in [0.2, 0.25) is 5.15 Å². The summed E-state index contributed by atoms with van der Waals surface area (Å²) in [6.07, 6.45) is -3.58. The molecule has 30 heavy (non-hydrogen) atoms. The molecular formula is C20H13ClF3N3O3. The van der Waals surface area contributed by atoms with Gasteiger partial charge in [-0.25, -0.2) is 14.3 Å². The Balaban J connectivity index is 1.69. The van der Waals surface area contributed by atoms with Crippen molar-refractivity contribution in [3.05, 3.63) is 82.0 Å². The van der Waals surface area contributed by atoms with Crippen LogP contribution in [0.15, 0.2) is 65.6 Å². The van der Waals surface area contributed by atoms with Crippen molar-refractivity contribution in [2.24, 2.45) is 0 Å². The summed E-state index contributed by atoms with van der Waals surface area (Å²) in [6, 6.07) is 13.5. The minimum absolute atomic E-state index is 0.109. The summed E-state index contributed by atoms with van der Waals surface area (Å²) in [5.41, 5.74) is 0.994. The van der Waals surface area contributed by atoms with E-state index in [1.165, 1.54) is 22.9 Å². The van der Waals surface area contributed by atoms with Crippen LogP contribution in [0.3, 0.4) is 0 Å². The van der Waals surface area contributed by atoms with Crippen LogP contribution < -0.4 is 10.4 Å². The van der Waals surface area contributed by atoms with Gasteiger partial charge in [0.25, 0.3) is 0 Å². The molecule has 2 heterocycles. The molecule has 4 rings (SSSR count). The number of nitrogens with zero attached hydrogens (tertiary/aromatic N) is 3. The fourth-order valence-corrected chi connectivity index (χ4v) is 3.38. The van der Waals surface area contributed by atoms with E-state index in [1.807, 2.05) is 18.2 Å². The van der Waals surface area contributed by atoms with Gasteiger partial charge in [0.1, 0.15) is 10.9 Å². The number of pyridine rings is 1. The smallest absolute Gasteiger partial charge is 0.493 e. The maximum absolute atomic E-state index is 12.8. The number of benzene rings is 2. The van der Waals surface area contributed by atoms with Gasteiger partial charge in [0.05, 0.1) is 23.9 Å². The van der Waals surface area contributed by atoms with Crippen LogP contribution in [0.5, 0.6) is 11.6 Å². The fraction of sp³-hybridized carbons (Fsp3) is 0.100. The van der Waals surface area contributed by atoms with Crippen LogP contribution >= 0.6 is 11.6 Å². The molecule has 2 aromatic carbocycles.